The monoisotopic (exact) mass is 212 g/mol. The zero-order valence-electron chi connectivity index (χ0n) is 10.5. The Morgan fingerprint density at radius 2 is 2.00 bits per heavy atom. The van der Waals surface area contributed by atoms with Crippen molar-refractivity contribution in [3.05, 3.63) is 0 Å². The molecule has 0 heterocycles. The first-order valence-electron chi connectivity index (χ1n) is 6.77. The quantitative estimate of drug-likeness (QED) is 0.710. The lowest BCUT2D eigenvalue weighted by molar-refractivity contribution is 0.240. The topological polar surface area (TPSA) is 38.0 Å². The van der Waals surface area contributed by atoms with E-state index in [2.05, 4.69) is 19.2 Å². The summed E-state index contributed by atoms with van der Waals surface area (Å²) in [5.41, 5.74) is 5.84. The standard InChI is InChI=1S/C13H28N2/c1-3-7-12(4-2)15-13-9-6-5-8-11(13)10-14/h11-13,15H,3-10,14H2,1-2H3. The molecule has 0 aliphatic heterocycles. The Morgan fingerprint density at radius 3 is 2.60 bits per heavy atom. The van der Waals surface area contributed by atoms with E-state index in [1.54, 1.807) is 0 Å². The fourth-order valence-corrected chi connectivity index (χ4v) is 2.77. The molecule has 0 amide bonds. The van der Waals surface area contributed by atoms with E-state index in [1.807, 2.05) is 0 Å². The lowest BCUT2D eigenvalue weighted by Gasteiger charge is -2.34. The number of hydrogen-bond acceptors (Lipinski definition) is 2. The molecule has 2 nitrogen and oxygen atoms in total. The lowest BCUT2D eigenvalue weighted by Crippen LogP contribution is -2.46. The number of rotatable bonds is 6. The maximum Gasteiger partial charge on any atom is 0.0110 e. The van der Waals surface area contributed by atoms with E-state index in [1.165, 1.54) is 44.9 Å². The summed E-state index contributed by atoms with van der Waals surface area (Å²) in [5, 5.41) is 3.83. The molecule has 3 N–H and O–H groups in total. The summed E-state index contributed by atoms with van der Waals surface area (Å²) in [7, 11) is 0. The highest BCUT2D eigenvalue weighted by Crippen LogP contribution is 2.24. The second-order valence-corrected chi connectivity index (χ2v) is 4.95. The van der Waals surface area contributed by atoms with Crippen LogP contribution in [0.4, 0.5) is 0 Å². The van der Waals surface area contributed by atoms with Gasteiger partial charge in [0.1, 0.15) is 0 Å². The average molecular weight is 212 g/mol. The van der Waals surface area contributed by atoms with Crippen LogP contribution in [0.25, 0.3) is 0 Å². The first-order chi connectivity index (χ1) is 7.31. The summed E-state index contributed by atoms with van der Waals surface area (Å²) in [6.45, 7) is 5.42. The Balaban J connectivity index is 2.38. The molecule has 3 unspecified atom stereocenters. The smallest absolute Gasteiger partial charge is 0.0110 e. The minimum Gasteiger partial charge on any atom is -0.330 e. The summed E-state index contributed by atoms with van der Waals surface area (Å²) >= 11 is 0. The summed E-state index contributed by atoms with van der Waals surface area (Å²) in [4.78, 5) is 0. The summed E-state index contributed by atoms with van der Waals surface area (Å²) in [6, 6.07) is 1.41. The van der Waals surface area contributed by atoms with Gasteiger partial charge in [0.2, 0.25) is 0 Å². The SMILES string of the molecule is CCCC(CC)NC1CCCCC1CN. The molecule has 1 fully saturated rings. The maximum absolute atomic E-state index is 5.84. The molecule has 0 saturated heterocycles. The zero-order chi connectivity index (χ0) is 11.1. The van der Waals surface area contributed by atoms with E-state index < -0.39 is 0 Å². The molecule has 0 aromatic carbocycles. The van der Waals surface area contributed by atoms with E-state index in [-0.39, 0.29) is 0 Å². The van der Waals surface area contributed by atoms with Crippen molar-refractivity contribution in [3.8, 4) is 0 Å². The minimum absolute atomic E-state index is 0.695. The van der Waals surface area contributed by atoms with Gasteiger partial charge in [-0.15, -0.1) is 0 Å². The van der Waals surface area contributed by atoms with E-state index >= 15 is 0 Å². The van der Waals surface area contributed by atoms with Gasteiger partial charge in [-0.2, -0.15) is 0 Å². The van der Waals surface area contributed by atoms with Gasteiger partial charge in [0.05, 0.1) is 0 Å². The molecule has 1 rings (SSSR count). The van der Waals surface area contributed by atoms with Crippen LogP contribution in [0.5, 0.6) is 0 Å². The molecule has 1 saturated carbocycles. The molecule has 0 bridgehead atoms. The summed E-state index contributed by atoms with van der Waals surface area (Å²) < 4.78 is 0. The number of hydrogen-bond donors (Lipinski definition) is 2. The van der Waals surface area contributed by atoms with Crippen molar-refractivity contribution >= 4 is 0 Å². The fraction of sp³-hybridized carbons (Fsp3) is 1.00. The van der Waals surface area contributed by atoms with Crippen molar-refractivity contribution in [2.75, 3.05) is 6.54 Å². The van der Waals surface area contributed by atoms with Crippen molar-refractivity contribution in [3.63, 3.8) is 0 Å². The molecule has 1 aliphatic rings. The third kappa shape index (κ3) is 4.12. The number of nitrogens with two attached hydrogens (primary N) is 1. The van der Waals surface area contributed by atoms with Gasteiger partial charge in [0.25, 0.3) is 0 Å². The van der Waals surface area contributed by atoms with Gasteiger partial charge in [-0.3, -0.25) is 0 Å². The molecular weight excluding hydrogens is 184 g/mol. The first-order valence-corrected chi connectivity index (χ1v) is 6.77. The zero-order valence-corrected chi connectivity index (χ0v) is 10.5. The normalized spacial score (nSPS) is 29.0. The molecule has 3 atom stereocenters. The molecular formula is C13H28N2. The van der Waals surface area contributed by atoms with Crippen LogP contribution >= 0.6 is 0 Å². The average Bonchev–Trinajstić information content (AvgIpc) is 2.29. The molecule has 90 valence electrons. The Hall–Kier alpha value is -0.0800. The van der Waals surface area contributed by atoms with Crippen molar-refractivity contribution in [1.82, 2.24) is 5.32 Å². The van der Waals surface area contributed by atoms with Crippen molar-refractivity contribution < 1.29 is 0 Å². The van der Waals surface area contributed by atoms with Crippen LogP contribution in [0, 0.1) is 5.92 Å². The van der Waals surface area contributed by atoms with E-state index in [0.717, 1.165) is 12.5 Å². The molecule has 2 heteroatoms. The van der Waals surface area contributed by atoms with Crippen molar-refractivity contribution in [2.24, 2.45) is 11.7 Å². The van der Waals surface area contributed by atoms with Crippen molar-refractivity contribution in [2.45, 2.75) is 70.9 Å². The van der Waals surface area contributed by atoms with Crippen LogP contribution in [-0.2, 0) is 0 Å². The third-order valence-electron chi connectivity index (χ3n) is 3.79. The first kappa shape index (κ1) is 13.0. The molecule has 0 aromatic heterocycles. The van der Waals surface area contributed by atoms with Crippen LogP contribution in [0.3, 0.4) is 0 Å². The highest BCUT2D eigenvalue weighted by Gasteiger charge is 2.25. The summed E-state index contributed by atoms with van der Waals surface area (Å²) in [5.74, 6) is 0.727. The Bertz CT molecular complexity index is 159. The Labute approximate surface area is 95.0 Å². The van der Waals surface area contributed by atoms with Crippen LogP contribution in [0.2, 0.25) is 0 Å². The predicted octanol–water partition coefficient (Wildman–Crippen LogP) is 2.67. The van der Waals surface area contributed by atoms with Gasteiger partial charge in [-0.05, 0) is 38.1 Å². The van der Waals surface area contributed by atoms with Crippen LogP contribution < -0.4 is 11.1 Å². The minimum atomic E-state index is 0.695. The summed E-state index contributed by atoms with van der Waals surface area (Å²) in [6.07, 6.45) is 9.28. The van der Waals surface area contributed by atoms with Crippen LogP contribution in [-0.4, -0.2) is 18.6 Å². The third-order valence-corrected chi connectivity index (χ3v) is 3.79. The lowest BCUT2D eigenvalue weighted by atomic mass is 9.84. The van der Waals surface area contributed by atoms with Crippen molar-refractivity contribution in [1.29, 1.82) is 0 Å². The largest absolute Gasteiger partial charge is 0.330 e. The van der Waals surface area contributed by atoms with Gasteiger partial charge < -0.3 is 11.1 Å². The maximum atomic E-state index is 5.84. The van der Waals surface area contributed by atoms with Crippen LogP contribution in [0.15, 0.2) is 0 Å². The second kappa shape index (κ2) is 7.24. The second-order valence-electron chi connectivity index (χ2n) is 4.95. The van der Waals surface area contributed by atoms with Gasteiger partial charge in [0, 0.05) is 12.1 Å². The Kier molecular flexibility index (Phi) is 6.26. The fourth-order valence-electron chi connectivity index (χ4n) is 2.77. The molecule has 0 aromatic rings. The van der Waals surface area contributed by atoms with Crippen LogP contribution in [0.1, 0.15) is 58.8 Å². The van der Waals surface area contributed by atoms with Gasteiger partial charge in [0.15, 0.2) is 0 Å². The van der Waals surface area contributed by atoms with Gasteiger partial charge >= 0.3 is 0 Å². The van der Waals surface area contributed by atoms with E-state index in [4.69, 9.17) is 5.73 Å². The van der Waals surface area contributed by atoms with Gasteiger partial charge in [-0.25, -0.2) is 0 Å². The highest BCUT2D eigenvalue weighted by atomic mass is 15.0. The van der Waals surface area contributed by atoms with E-state index in [9.17, 15) is 0 Å². The molecule has 1 aliphatic carbocycles. The number of nitrogens with one attached hydrogen (secondary N) is 1. The van der Waals surface area contributed by atoms with Gasteiger partial charge in [-0.1, -0.05) is 33.1 Å². The predicted molar refractivity (Wildman–Crippen MR) is 66.9 cm³/mol. The Morgan fingerprint density at radius 1 is 1.27 bits per heavy atom. The molecule has 0 spiro atoms. The highest BCUT2D eigenvalue weighted by molar-refractivity contribution is 4.84. The van der Waals surface area contributed by atoms with E-state index in [0.29, 0.717) is 12.1 Å². The molecule has 0 radical (unpaired) electrons. The molecule has 15 heavy (non-hydrogen) atoms.